The van der Waals surface area contributed by atoms with Gasteiger partial charge in [-0.1, -0.05) is 6.07 Å². The Labute approximate surface area is 103 Å². The second-order valence-electron chi connectivity index (χ2n) is 5.43. The van der Waals surface area contributed by atoms with Crippen molar-refractivity contribution in [1.82, 2.24) is 9.88 Å². The molecule has 0 aromatic carbocycles. The number of anilines is 1. The van der Waals surface area contributed by atoms with Gasteiger partial charge in [-0.2, -0.15) is 0 Å². The van der Waals surface area contributed by atoms with Crippen molar-refractivity contribution >= 4 is 5.82 Å². The predicted molar refractivity (Wildman–Crippen MR) is 70.2 cm³/mol. The van der Waals surface area contributed by atoms with Crippen LogP contribution in [-0.2, 0) is 0 Å². The molecule has 1 unspecified atom stereocenters. The summed E-state index contributed by atoms with van der Waals surface area (Å²) in [6.45, 7) is 5.69. The smallest absolute Gasteiger partial charge is 0.126 e. The quantitative estimate of drug-likeness (QED) is 0.861. The van der Waals surface area contributed by atoms with Gasteiger partial charge >= 0.3 is 0 Å². The molecule has 3 nitrogen and oxygen atoms in total. The molecule has 2 fully saturated rings. The topological polar surface area (TPSA) is 28.2 Å². The molecule has 1 N–H and O–H groups in total. The number of likely N-dealkylation sites (tertiary alicyclic amines) is 1. The van der Waals surface area contributed by atoms with Gasteiger partial charge in [0.25, 0.3) is 0 Å². The van der Waals surface area contributed by atoms with Crippen molar-refractivity contribution in [1.29, 1.82) is 0 Å². The Morgan fingerprint density at radius 1 is 1.35 bits per heavy atom. The lowest BCUT2D eigenvalue weighted by atomic mass is 10.1. The van der Waals surface area contributed by atoms with Gasteiger partial charge in [-0.25, -0.2) is 4.98 Å². The Hall–Kier alpha value is -1.09. The largest absolute Gasteiger partial charge is 0.370 e. The third-order valence-electron chi connectivity index (χ3n) is 3.84. The van der Waals surface area contributed by atoms with Crippen LogP contribution in [0.4, 0.5) is 5.82 Å². The summed E-state index contributed by atoms with van der Waals surface area (Å²) in [7, 11) is 0. The Kier molecular flexibility index (Phi) is 3.02. The van der Waals surface area contributed by atoms with Crippen molar-refractivity contribution in [3.05, 3.63) is 23.9 Å². The van der Waals surface area contributed by atoms with Crippen molar-refractivity contribution in [3.8, 4) is 0 Å². The van der Waals surface area contributed by atoms with Gasteiger partial charge < -0.3 is 10.2 Å². The van der Waals surface area contributed by atoms with Crippen LogP contribution in [0, 0.1) is 12.8 Å². The molecular formula is C14H21N3. The van der Waals surface area contributed by atoms with Crippen LogP contribution in [0.2, 0.25) is 0 Å². The SMILES string of the molecule is Cc1cccc(NCC2CCN(C3CC3)C2)n1. The maximum absolute atomic E-state index is 4.48. The molecule has 1 aliphatic carbocycles. The number of aromatic nitrogens is 1. The number of hydrogen-bond acceptors (Lipinski definition) is 3. The number of pyridine rings is 1. The first kappa shape index (κ1) is 11.0. The van der Waals surface area contributed by atoms with Crippen LogP contribution in [0.3, 0.4) is 0 Å². The highest BCUT2D eigenvalue weighted by molar-refractivity contribution is 5.35. The van der Waals surface area contributed by atoms with Crippen LogP contribution in [0.5, 0.6) is 0 Å². The zero-order valence-corrected chi connectivity index (χ0v) is 10.5. The highest BCUT2D eigenvalue weighted by Crippen LogP contribution is 2.31. The molecule has 0 spiro atoms. The van der Waals surface area contributed by atoms with Gasteiger partial charge in [0, 0.05) is 24.8 Å². The van der Waals surface area contributed by atoms with Gasteiger partial charge in [0.15, 0.2) is 0 Å². The lowest BCUT2D eigenvalue weighted by molar-refractivity contribution is 0.316. The summed E-state index contributed by atoms with van der Waals surface area (Å²) in [4.78, 5) is 7.14. The minimum Gasteiger partial charge on any atom is -0.370 e. The first-order valence-electron chi connectivity index (χ1n) is 6.73. The number of aryl methyl sites for hydroxylation is 1. The zero-order chi connectivity index (χ0) is 11.7. The lowest BCUT2D eigenvalue weighted by Gasteiger charge is -2.15. The van der Waals surface area contributed by atoms with Gasteiger partial charge in [0.05, 0.1) is 0 Å². The Bertz CT molecular complexity index is 387. The third-order valence-corrected chi connectivity index (χ3v) is 3.84. The first-order chi connectivity index (χ1) is 8.31. The molecule has 1 aliphatic heterocycles. The highest BCUT2D eigenvalue weighted by atomic mass is 15.2. The monoisotopic (exact) mass is 231 g/mol. The molecule has 1 saturated heterocycles. The fourth-order valence-corrected chi connectivity index (χ4v) is 2.69. The summed E-state index contributed by atoms with van der Waals surface area (Å²) in [6, 6.07) is 7.09. The molecule has 1 aromatic heterocycles. The second-order valence-corrected chi connectivity index (χ2v) is 5.43. The molecule has 1 aromatic rings. The van der Waals surface area contributed by atoms with Gasteiger partial charge in [-0.05, 0) is 50.8 Å². The molecule has 17 heavy (non-hydrogen) atoms. The summed E-state index contributed by atoms with van der Waals surface area (Å²) < 4.78 is 0. The van der Waals surface area contributed by atoms with Crippen LogP contribution >= 0.6 is 0 Å². The molecular weight excluding hydrogens is 210 g/mol. The molecule has 2 heterocycles. The number of hydrogen-bond donors (Lipinski definition) is 1. The standard InChI is InChI=1S/C14H21N3/c1-11-3-2-4-14(16-11)15-9-12-7-8-17(10-12)13-5-6-13/h2-4,12-13H,5-10H2,1H3,(H,15,16). The normalized spacial score (nSPS) is 25.1. The van der Waals surface area contributed by atoms with Gasteiger partial charge in [0.2, 0.25) is 0 Å². The van der Waals surface area contributed by atoms with Crippen LogP contribution < -0.4 is 5.32 Å². The summed E-state index contributed by atoms with van der Waals surface area (Å²) >= 11 is 0. The van der Waals surface area contributed by atoms with Crippen LogP contribution in [0.1, 0.15) is 25.0 Å². The van der Waals surface area contributed by atoms with E-state index in [0.29, 0.717) is 0 Å². The van der Waals surface area contributed by atoms with E-state index in [9.17, 15) is 0 Å². The van der Waals surface area contributed by atoms with E-state index in [4.69, 9.17) is 0 Å². The van der Waals surface area contributed by atoms with Crippen LogP contribution in [-0.4, -0.2) is 35.6 Å². The van der Waals surface area contributed by atoms with Gasteiger partial charge in [-0.15, -0.1) is 0 Å². The van der Waals surface area contributed by atoms with E-state index in [1.807, 2.05) is 13.0 Å². The van der Waals surface area contributed by atoms with Crippen molar-refractivity contribution in [2.75, 3.05) is 25.0 Å². The van der Waals surface area contributed by atoms with Gasteiger partial charge in [0.1, 0.15) is 5.82 Å². The Balaban J connectivity index is 1.48. The van der Waals surface area contributed by atoms with E-state index in [1.165, 1.54) is 32.4 Å². The van der Waals surface area contributed by atoms with Crippen LogP contribution in [0.15, 0.2) is 18.2 Å². The molecule has 0 bridgehead atoms. The minimum atomic E-state index is 0.804. The highest BCUT2D eigenvalue weighted by Gasteiger charge is 2.34. The molecule has 1 atom stereocenters. The lowest BCUT2D eigenvalue weighted by Crippen LogP contribution is -2.24. The van der Waals surface area contributed by atoms with Crippen molar-refractivity contribution < 1.29 is 0 Å². The zero-order valence-electron chi connectivity index (χ0n) is 10.5. The maximum Gasteiger partial charge on any atom is 0.126 e. The summed E-state index contributed by atoms with van der Waals surface area (Å²) in [5, 5.41) is 3.47. The third kappa shape index (κ3) is 2.78. The molecule has 0 amide bonds. The maximum atomic E-state index is 4.48. The fraction of sp³-hybridized carbons (Fsp3) is 0.643. The van der Waals surface area contributed by atoms with E-state index in [1.54, 1.807) is 0 Å². The van der Waals surface area contributed by atoms with Crippen molar-refractivity contribution in [2.24, 2.45) is 5.92 Å². The summed E-state index contributed by atoms with van der Waals surface area (Å²) in [6.07, 6.45) is 4.20. The average Bonchev–Trinajstić information content (AvgIpc) is 3.07. The van der Waals surface area contributed by atoms with Crippen molar-refractivity contribution in [2.45, 2.75) is 32.2 Å². The molecule has 0 radical (unpaired) electrons. The van der Waals surface area contributed by atoms with E-state index in [2.05, 4.69) is 27.3 Å². The van der Waals surface area contributed by atoms with E-state index in [0.717, 1.165) is 30.0 Å². The average molecular weight is 231 g/mol. The number of nitrogens with one attached hydrogen (secondary N) is 1. The predicted octanol–water partition coefficient (Wildman–Crippen LogP) is 2.29. The number of rotatable bonds is 4. The van der Waals surface area contributed by atoms with E-state index in [-0.39, 0.29) is 0 Å². The van der Waals surface area contributed by atoms with Crippen LogP contribution in [0.25, 0.3) is 0 Å². The Morgan fingerprint density at radius 3 is 3.00 bits per heavy atom. The molecule has 1 saturated carbocycles. The summed E-state index contributed by atoms with van der Waals surface area (Å²) in [5.41, 5.74) is 1.08. The first-order valence-corrected chi connectivity index (χ1v) is 6.73. The fourth-order valence-electron chi connectivity index (χ4n) is 2.69. The summed E-state index contributed by atoms with van der Waals surface area (Å²) in [5.74, 6) is 1.83. The molecule has 92 valence electrons. The number of nitrogens with zero attached hydrogens (tertiary/aromatic N) is 2. The van der Waals surface area contributed by atoms with E-state index < -0.39 is 0 Å². The van der Waals surface area contributed by atoms with Gasteiger partial charge in [-0.3, -0.25) is 0 Å². The molecule has 3 heteroatoms. The Morgan fingerprint density at radius 2 is 2.24 bits per heavy atom. The molecule has 2 aliphatic rings. The van der Waals surface area contributed by atoms with E-state index >= 15 is 0 Å². The second kappa shape index (κ2) is 4.65. The van der Waals surface area contributed by atoms with Crippen molar-refractivity contribution in [3.63, 3.8) is 0 Å². The minimum absolute atomic E-state index is 0.804. The molecule has 3 rings (SSSR count).